The van der Waals surface area contributed by atoms with Gasteiger partial charge in [-0.25, -0.2) is 0 Å². The highest BCUT2D eigenvalue weighted by molar-refractivity contribution is 5.83. The molecule has 0 radical (unpaired) electrons. The predicted molar refractivity (Wildman–Crippen MR) is 72.9 cm³/mol. The van der Waals surface area contributed by atoms with Gasteiger partial charge in [0.15, 0.2) is 0 Å². The van der Waals surface area contributed by atoms with Crippen molar-refractivity contribution in [1.29, 1.82) is 0 Å². The summed E-state index contributed by atoms with van der Waals surface area (Å²) >= 11 is 0. The lowest BCUT2D eigenvalue weighted by Gasteiger charge is -2.31. The molecule has 1 aliphatic carbocycles. The van der Waals surface area contributed by atoms with Crippen molar-refractivity contribution in [2.24, 2.45) is 23.3 Å². The number of hydrogen-bond donors (Lipinski definition) is 2. The van der Waals surface area contributed by atoms with Gasteiger partial charge in [0.05, 0.1) is 11.6 Å². The third-order valence-electron chi connectivity index (χ3n) is 3.89. The van der Waals surface area contributed by atoms with E-state index in [0.29, 0.717) is 19.1 Å². The fourth-order valence-corrected chi connectivity index (χ4v) is 2.82. The van der Waals surface area contributed by atoms with Gasteiger partial charge in [0.25, 0.3) is 0 Å². The molecule has 0 heterocycles. The Kier molecular flexibility index (Phi) is 5.60. The molecule has 0 saturated heterocycles. The summed E-state index contributed by atoms with van der Waals surface area (Å²) in [5.41, 5.74) is 10.1. The van der Waals surface area contributed by atoms with Crippen LogP contribution in [0.2, 0.25) is 0 Å². The Bertz CT molecular complexity index is 269. The average molecular weight is 256 g/mol. The van der Waals surface area contributed by atoms with Crippen LogP contribution in [0.4, 0.5) is 0 Å². The maximum absolute atomic E-state index is 11.1. The van der Waals surface area contributed by atoms with Crippen molar-refractivity contribution in [2.75, 3.05) is 6.61 Å². The molecular formula is C14H28N2O2. The summed E-state index contributed by atoms with van der Waals surface area (Å²) in [5, 5.41) is 0. The molecule has 1 saturated carbocycles. The van der Waals surface area contributed by atoms with Crippen LogP contribution in [0, 0.1) is 11.8 Å². The molecule has 1 rings (SSSR count). The van der Waals surface area contributed by atoms with Crippen LogP contribution < -0.4 is 11.5 Å². The third kappa shape index (κ3) is 4.94. The molecule has 1 fully saturated rings. The highest BCUT2D eigenvalue weighted by Gasteiger charge is 2.26. The molecule has 0 bridgehead atoms. The molecule has 4 N–H and O–H groups in total. The van der Waals surface area contributed by atoms with E-state index in [1.807, 2.05) is 0 Å². The SMILES string of the molecule is CC1CC(C)CC(OCCCC(C)(N)C(N)=O)C1. The van der Waals surface area contributed by atoms with E-state index < -0.39 is 11.4 Å². The van der Waals surface area contributed by atoms with Crippen LogP contribution in [0.1, 0.15) is 52.9 Å². The van der Waals surface area contributed by atoms with Crippen LogP contribution in [0.5, 0.6) is 0 Å². The van der Waals surface area contributed by atoms with E-state index in [1.165, 1.54) is 6.42 Å². The molecule has 3 atom stereocenters. The van der Waals surface area contributed by atoms with Crippen molar-refractivity contribution < 1.29 is 9.53 Å². The van der Waals surface area contributed by atoms with Gasteiger partial charge in [0, 0.05) is 6.61 Å². The largest absolute Gasteiger partial charge is 0.378 e. The van der Waals surface area contributed by atoms with Crippen molar-refractivity contribution in [2.45, 2.75) is 64.5 Å². The molecule has 1 amide bonds. The summed E-state index contributed by atoms with van der Waals surface area (Å²) in [7, 11) is 0. The fraction of sp³-hybridized carbons (Fsp3) is 0.929. The van der Waals surface area contributed by atoms with E-state index in [4.69, 9.17) is 16.2 Å². The number of primary amides is 1. The molecule has 3 unspecified atom stereocenters. The Morgan fingerprint density at radius 3 is 2.33 bits per heavy atom. The van der Waals surface area contributed by atoms with Crippen molar-refractivity contribution >= 4 is 5.91 Å². The Balaban J connectivity index is 2.20. The zero-order valence-electron chi connectivity index (χ0n) is 11.9. The zero-order chi connectivity index (χ0) is 13.8. The van der Waals surface area contributed by atoms with Crippen molar-refractivity contribution in [1.82, 2.24) is 0 Å². The molecule has 18 heavy (non-hydrogen) atoms. The minimum atomic E-state index is -0.906. The van der Waals surface area contributed by atoms with E-state index in [-0.39, 0.29) is 0 Å². The van der Waals surface area contributed by atoms with Crippen LogP contribution in [-0.4, -0.2) is 24.2 Å². The minimum absolute atomic E-state index is 0.376. The van der Waals surface area contributed by atoms with Crippen molar-refractivity contribution in [3.05, 3.63) is 0 Å². The Hall–Kier alpha value is -0.610. The molecule has 0 aromatic rings. The first kappa shape index (κ1) is 15.4. The number of amides is 1. The second-order valence-electron chi connectivity index (χ2n) is 6.30. The molecule has 0 aromatic heterocycles. The first-order valence-corrected chi connectivity index (χ1v) is 7.01. The minimum Gasteiger partial charge on any atom is -0.378 e. The van der Waals surface area contributed by atoms with Crippen LogP contribution in [-0.2, 0) is 9.53 Å². The Labute approximate surface area is 110 Å². The maximum atomic E-state index is 11.1. The first-order valence-electron chi connectivity index (χ1n) is 7.01. The first-order chi connectivity index (χ1) is 8.31. The number of nitrogens with two attached hydrogens (primary N) is 2. The van der Waals surface area contributed by atoms with Gasteiger partial charge in [-0.15, -0.1) is 0 Å². The van der Waals surface area contributed by atoms with Crippen molar-refractivity contribution in [3.63, 3.8) is 0 Å². The lowest BCUT2D eigenvalue weighted by Crippen LogP contribution is -2.49. The highest BCUT2D eigenvalue weighted by Crippen LogP contribution is 2.30. The molecule has 0 aromatic carbocycles. The van der Waals surface area contributed by atoms with E-state index in [2.05, 4.69) is 13.8 Å². The van der Waals surface area contributed by atoms with Crippen LogP contribution in [0.25, 0.3) is 0 Å². The van der Waals surface area contributed by atoms with Gasteiger partial charge in [0.2, 0.25) is 5.91 Å². The van der Waals surface area contributed by atoms with Gasteiger partial charge >= 0.3 is 0 Å². The van der Waals surface area contributed by atoms with Gasteiger partial charge in [0.1, 0.15) is 0 Å². The molecular weight excluding hydrogens is 228 g/mol. The monoisotopic (exact) mass is 256 g/mol. The summed E-state index contributed by atoms with van der Waals surface area (Å²) < 4.78 is 5.89. The number of hydrogen-bond acceptors (Lipinski definition) is 3. The topological polar surface area (TPSA) is 78.3 Å². The van der Waals surface area contributed by atoms with Gasteiger partial charge < -0.3 is 16.2 Å². The number of ether oxygens (including phenoxy) is 1. The lowest BCUT2D eigenvalue weighted by molar-refractivity contribution is -0.122. The number of rotatable bonds is 6. The van der Waals surface area contributed by atoms with Gasteiger partial charge in [-0.05, 0) is 50.9 Å². The second kappa shape index (κ2) is 6.53. The van der Waals surface area contributed by atoms with E-state index in [0.717, 1.165) is 31.1 Å². The number of carbonyl (C=O) groups is 1. The van der Waals surface area contributed by atoms with E-state index in [9.17, 15) is 4.79 Å². The van der Waals surface area contributed by atoms with Crippen LogP contribution >= 0.6 is 0 Å². The molecule has 4 heteroatoms. The standard InChI is InChI=1S/C14H28N2O2/c1-10-7-11(2)9-12(8-10)18-6-4-5-14(3,16)13(15)17/h10-12H,4-9,16H2,1-3H3,(H2,15,17). The quantitative estimate of drug-likeness (QED) is 0.711. The van der Waals surface area contributed by atoms with Gasteiger partial charge in [-0.2, -0.15) is 0 Å². The molecule has 106 valence electrons. The van der Waals surface area contributed by atoms with E-state index >= 15 is 0 Å². The molecule has 0 spiro atoms. The van der Waals surface area contributed by atoms with Crippen LogP contribution in [0.3, 0.4) is 0 Å². The van der Waals surface area contributed by atoms with Gasteiger partial charge in [-0.1, -0.05) is 13.8 Å². The molecule has 4 nitrogen and oxygen atoms in total. The Morgan fingerprint density at radius 1 is 1.28 bits per heavy atom. The molecule has 1 aliphatic rings. The Morgan fingerprint density at radius 2 is 1.83 bits per heavy atom. The second-order valence-corrected chi connectivity index (χ2v) is 6.30. The van der Waals surface area contributed by atoms with E-state index in [1.54, 1.807) is 6.92 Å². The normalized spacial score (nSPS) is 31.9. The van der Waals surface area contributed by atoms with Crippen molar-refractivity contribution in [3.8, 4) is 0 Å². The average Bonchev–Trinajstić information content (AvgIpc) is 2.23. The summed E-state index contributed by atoms with van der Waals surface area (Å²) in [4.78, 5) is 11.1. The zero-order valence-corrected chi connectivity index (χ0v) is 11.9. The summed E-state index contributed by atoms with van der Waals surface area (Å²) in [6.07, 6.45) is 5.36. The summed E-state index contributed by atoms with van der Waals surface area (Å²) in [6, 6.07) is 0. The number of carbonyl (C=O) groups excluding carboxylic acids is 1. The van der Waals surface area contributed by atoms with Crippen LogP contribution in [0.15, 0.2) is 0 Å². The summed E-state index contributed by atoms with van der Waals surface area (Å²) in [5.74, 6) is 1.07. The fourth-order valence-electron chi connectivity index (χ4n) is 2.82. The predicted octanol–water partition coefficient (Wildman–Crippen LogP) is 1.81. The molecule has 0 aliphatic heterocycles. The lowest BCUT2D eigenvalue weighted by atomic mass is 9.82. The highest BCUT2D eigenvalue weighted by atomic mass is 16.5. The maximum Gasteiger partial charge on any atom is 0.237 e. The third-order valence-corrected chi connectivity index (χ3v) is 3.89. The smallest absolute Gasteiger partial charge is 0.237 e. The summed E-state index contributed by atoms with van der Waals surface area (Å²) in [6.45, 7) is 6.93. The van der Waals surface area contributed by atoms with Gasteiger partial charge in [-0.3, -0.25) is 4.79 Å².